The van der Waals surface area contributed by atoms with Gasteiger partial charge >= 0.3 is 0 Å². The minimum atomic E-state index is -0.242. The molecule has 0 spiro atoms. The summed E-state index contributed by atoms with van der Waals surface area (Å²) in [6.07, 6.45) is 9.36. The molecule has 0 aromatic heterocycles. The third-order valence-electron chi connectivity index (χ3n) is 3.55. The molecule has 0 radical (unpaired) electrons. The lowest BCUT2D eigenvalue weighted by atomic mass is 9.93. The van der Waals surface area contributed by atoms with Gasteiger partial charge in [-0.1, -0.05) is 45.4 Å². The van der Waals surface area contributed by atoms with Crippen LogP contribution in [0.4, 0.5) is 0 Å². The molecule has 1 aliphatic carbocycles. The summed E-state index contributed by atoms with van der Waals surface area (Å²) in [6, 6.07) is -0.242. The molecule has 15 heavy (non-hydrogen) atoms. The number of Topliss-reactive ketones (excluding diaryl/α,β-unsaturated/α-hetero) is 1. The van der Waals surface area contributed by atoms with Crippen molar-refractivity contribution in [1.29, 1.82) is 0 Å². The highest BCUT2D eigenvalue weighted by Crippen LogP contribution is 2.34. The summed E-state index contributed by atoms with van der Waals surface area (Å²) in [4.78, 5) is 11.0. The van der Waals surface area contributed by atoms with Gasteiger partial charge in [0.25, 0.3) is 0 Å². The van der Waals surface area contributed by atoms with E-state index in [1.807, 2.05) is 0 Å². The molecular weight excluding hydrogens is 186 g/mol. The van der Waals surface area contributed by atoms with E-state index in [1.165, 1.54) is 38.5 Å². The van der Waals surface area contributed by atoms with Gasteiger partial charge in [0.15, 0.2) is 0 Å². The zero-order valence-corrected chi connectivity index (χ0v) is 10.2. The Bertz CT molecular complexity index is 199. The highest BCUT2D eigenvalue weighted by molar-refractivity contribution is 5.81. The van der Waals surface area contributed by atoms with Crippen LogP contribution in [0.1, 0.15) is 58.8 Å². The van der Waals surface area contributed by atoms with Crippen LogP contribution in [-0.4, -0.2) is 11.8 Å². The van der Waals surface area contributed by atoms with Crippen molar-refractivity contribution in [3.63, 3.8) is 0 Å². The van der Waals surface area contributed by atoms with E-state index in [2.05, 4.69) is 6.92 Å². The standard InChI is InChI=1S/C13H25NO/c1-10(13(14)11(2)15)6-4-3-5-7-12-8-9-12/h10,12-13H,3-9,14H2,1-2H3. The maximum absolute atomic E-state index is 11.0. The fourth-order valence-electron chi connectivity index (χ4n) is 2.06. The summed E-state index contributed by atoms with van der Waals surface area (Å²) in [5, 5.41) is 0. The van der Waals surface area contributed by atoms with Gasteiger partial charge in [-0.05, 0) is 25.2 Å². The number of hydrogen-bond acceptors (Lipinski definition) is 2. The average molecular weight is 211 g/mol. The Labute approximate surface area is 93.6 Å². The molecule has 1 fully saturated rings. The second-order valence-corrected chi connectivity index (χ2v) is 5.20. The number of unbranched alkanes of at least 4 members (excludes halogenated alkanes) is 2. The molecule has 0 saturated heterocycles. The molecule has 0 amide bonds. The van der Waals surface area contributed by atoms with Gasteiger partial charge in [-0.3, -0.25) is 4.79 Å². The molecule has 0 aliphatic heterocycles. The molecule has 0 aromatic carbocycles. The van der Waals surface area contributed by atoms with Crippen molar-refractivity contribution in [2.45, 2.75) is 64.8 Å². The van der Waals surface area contributed by atoms with Crippen LogP contribution in [-0.2, 0) is 4.79 Å². The van der Waals surface area contributed by atoms with Gasteiger partial charge < -0.3 is 5.73 Å². The van der Waals surface area contributed by atoms with Crippen LogP contribution in [0.5, 0.6) is 0 Å². The van der Waals surface area contributed by atoms with Crippen LogP contribution in [0, 0.1) is 11.8 Å². The van der Waals surface area contributed by atoms with E-state index in [0.29, 0.717) is 5.92 Å². The molecule has 0 aromatic rings. The summed E-state index contributed by atoms with van der Waals surface area (Å²) >= 11 is 0. The molecule has 2 heteroatoms. The topological polar surface area (TPSA) is 43.1 Å². The van der Waals surface area contributed by atoms with Crippen molar-refractivity contribution in [1.82, 2.24) is 0 Å². The minimum absolute atomic E-state index is 0.125. The zero-order chi connectivity index (χ0) is 11.3. The van der Waals surface area contributed by atoms with Gasteiger partial charge in [-0.2, -0.15) is 0 Å². The SMILES string of the molecule is CC(=O)C(N)C(C)CCCCCC1CC1. The molecule has 0 heterocycles. The van der Waals surface area contributed by atoms with Gasteiger partial charge in [-0.15, -0.1) is 0 Å². The van der Waals surface area contributed by atoms with Crippen LogP contribution >= 0.6 is 0 Å². The Kier molecular flexibility index (Phi) is 5.30. The number of carbonyl (C=O) groups excluding carboxylic acids is 1. The molecule has 2 nitrogen and oxygen atoms in total. The number of hydrogen-bond donors (Lipinski definition) is 1. The first-order valence-corrected chi connectivity index (χ1v) is 6.37. The Balaban J connectivity index is 1.95. The average Bonchev–Trinajstić information content (AvgIpc) is 2.99. The molecule has 2 N–H and O–H groups in total. The predicted octanol–water partition coefficient (Wildman–Crippen LogP) is 2.90. The first-order valence-electron chi connectivity index (χ1n) is 6.37. The van der Waals surface area contributed by atoms with Crippen LogP contribution in [0.25, 0.3) is 0 Å². The summed E-state index contributed by atoms with van der Waals surface area (Å²) < 4.78 is 0. The third kappa shape index (κ3) is 5.31. The Morgan fingerprint density at radius 3 is 2.53 bits per heavy atom. The normalized spacial score (nSPS) is 19.9. The van der Waals surface area contributed by atoms with Crippen LogP contribution in [0.2, 0.25) is 0 Å². The fraction of sp³-hybridized carbons (Fsp3) is 0.923. The lowest BCUT2D eigenvalue weighted by Crippen LogP contribution is -2.35. The largest absolute Gasteiger partial charge is 0.321 e. The van der Waals surface area contributed by atoms with E-state index in [1.54, 1.807) is 6.92 Å². The van der Waals surface area contributed by atoms with Crippen molar-refractivity contribution < 1.29 is 4.79 Å². The van der Waals surface area contributed by atoms with Gasteiger partial charge in [0.2, 0.25) is 0 Å². The number of rotatable bonds is 8. The van der Waals surface area contributed by atoms with E-state index in [4.69, 9.17) is 5.73 Å². The Morgan fingerprint density at radius 2 is 2.00 bits per heavy atom. The molecular formula is C13H25NO. The van der Waals surface area contributed by atoms with Crippen molar-refractivity contribution in [2.24, 2.45) is 17.6 Å². The first kappa shape index (κ1) is 12.7. The number of ketones is 1. The van der Waals surface area contributed by atoms with Crippen LogP contribution < -0.4 is 5.73 Å². The molecule has 1 rings (SSSR count). The summed E-state index contributed by atoms with van der Waals surface area (Å²) in [5.74, 6) is 1.53. The van der Waals surface area contributed by atoms with Gasteiger partial charge in [-0.25, -0.2) is 0 Å². The van der Waals surface area contributed by atoms with E-state index in [9.17, 15) is 4.79 Å². The molecule has 2 unspecified atom stereocenters. The number of nitrogens with two attached hydrogens (primary N) is 1. The van der Waals surface area contributed by atoms with Crippen LogP contribution in [0.3, 0.4) is 0 Å². The lowest BCUT2D eigenvalue weighted by Gasteiger charge is -2.16. The van der Waals surface area contributed by atoms with Crippen molar-refractivity contribution in [3.8, 4) is 0 Å². The van der Waals surface area contributed by atoms with Crippen LogP contribution in [0.15, 0.2) is 0 Å². The third-order valence-corrected chi connectivity index (χ3v) is 3.55. The monoisotopic (exact) mass is 211 g/mol. The maximum atomic E-state index is 11.0. The van der Waals surface area contributed by atoms with E-state index < -0.39 is 0 Å². The second-order valence-electron chi connectivity index (χ2n) is 5.20. The van der Waals surface area contributed by atoms with Gasteiger partial charge in [0, 0.05) is 0 Å². The lowest BCUT2D eigenvalue weighted by molar-refractivity contribution is -0.119. The van der Waals surface area contributed by atoms with Crippen molar-refractivity contribution in [3.05, 3.63) is 0 Å². The highest BCUT2D eigenvalue weighted by Gasteiger charge is 2.20. The minimum Gasteiger partial charge on any atom is -0.321 e. The molecule has 88 valence electrons. The smallest absolute Gasteiger partial charge is 0.146 e. The van der Waals surface area contributed by atoms with E-state index in [-0.39, 0.29) is 11.8 Å². The zero-order valence-electron chi connectivity index (χ0n) is 10.2. The fourth-order valence-corrected chi connectivity index (χ4v) is 2.06. The maximum Gasteiger partial charge on any atom is 0.146 e. The number of carbonyl (C=O) groups is 1. The Hall–Kier alpha value is -0.370. The molecule has 1 aliphatic rings. The molecule has 1 saturated carbocycles. The highest BCUT2D eigenvalue weighted by atomic mass is 16.1. The summed E-state index contributed by atoms with van der Waals surface area (Å²) in [5.41, 5.74) is 5.78. The summed E-state index contributed by atoms with van der Waals surface area (Å²) in [6.45, 7) is 3.68. The Morgan fingerprint density at radius 1 is 1.33 bits per heavy atom. The first-order chi connectivity index (χ1) is 7.11. The van der Waals surface area contributed by atoms with Gasteiger partial charge in [0.05, 0.1) is 6.04 Å². The molecule has 2 atom stereocenters. The van der Waals surface area contributed by atoms with Crippen molar-refractivity contribution in [2.75, 3.05) is 0 Å². The quantitative estimate of drug-likeness (QED) is 0.627. The van der Waals surface area contributed by atoms with E-state index in [0.717, 1.165) is 12.3 Å². The predicted molar refractivity (Wildman–Crippen MR) is 63.6 cm³/mol. The second kappa shape index (κ2) is 6.26. The molecule has 0 bridgehead atoms. The van der Waals surface area contributed by atoms with Crippen molar-refractivity contribution >= 4 is 5.78 Å². The van der Waals surface area contributed by atoms with E-state index >= 15 is 0 Å². The van der Waals surface area contributed by atoms with Gasteiger partial charge in [0.1, 0.15) is 5.78 Å². The summed E-state index contributed by atoms with van der Waals surface area (Å²) in [7, 11) is 0.